The van der Waals surface area contributed by atoms with Gasteiger partial charge in [-0.1, -0.05) is 6.58 Å². The van der Waals surface area contributed by atoms with Gasteiger partial charge in [-0.25, -0.2) is 0 Å². The number of allylic oxidation sites excluding steroid dienone is 1. The summed E-state index contributed by atoms with van der Waals surface area (Å²) < 4.78 is 0. The summed E-state index contributed by atoms with van der Waals surface area (Å²) in [4.78, 5) is 0. The average molecular weight is 70.1 g/mol. The molecule has 0 bridgehead atoms. The molecule has 0 saturated carbocycles. The van der Waals surface area contributed by atoms with Crippen molar-refractivity contribution in [1.29, 1.82) is 0 Å². The summed E-state index contributed by atoms with van der Waals surface area (Å²) in [5.74, 6) is -0.106. The van der Waals surface area contributed by atoms with Crippen LogP contribution in [0.15, 0.2) is 12.3 Å². The molecule has 0 heterocycles. The van der Waals surface area contributed by atoms with Crippen LogP contribution in [0.2, 0.25) is 0 Å². The lowest BCUT2D eigenvalue weighted by molar-refractivity contribution is 0.292. The van der Waals surface area contributed by atoms with Crippen molar-refractivity contribution in [3.63, 3.8) is 0 Å². The molecule has 0 amide bonds. The second-order valence-electron chi connectivity index (χ2n) is 0.789. The second-order valence-corrected chi connectivity index (χ2v) is 0.789. The Morgan fingerprint density at radius 1 is 1.80 bits per heavy atom. The first-order valence-corrected chi connectivity index (χ1v) is 1.41. The smallest absolute Gasteiger partial charge is 0.148 e. The SMILES string of the molecule is [CH2]CC(=C)[O]. The van der Waals surface area contributed by atoms with Crippen molar-refractivity contribution in [3.05, 3.63) is 19.3 Å². The average Bonchev–Trinajstić information content (AvgIpc) is 1.38. The maximum absolute atomic E-state index is 9.64. The molecule has 1 nitrogen and oxygen atoms in total. The van der Waals surface area contributed by atoms with E-state index >= 15 is 0 Å². The minimum atomic E-state index is -0.106. The summed E-state index contributed by atoms with van der Waals surface area (Å²) in [7, 11) is 0. The van der Waals surface area contributed by atoms with E-state index in [9.17, 15) is 5.11 Å². The van der Waals surface area contributed by atoms with E-state index in [1.807, 2.05) is 0 Å². The molecule has 1 heteroatoms. The Bertz CT molecular complexity index is 38.9. The molecule has 0 atom stereocenters. The van der Waals surface area contributed by atoms with Crippen LogP contribution in [0.3, 0.4) is 0 Å². The Hall–Kier alpha value is -0.460. The first kappa shape index (κ1) is 4.54. The van der Waals surface area contributed by atoms with Gasteiger partial charge in [0.15, 0.2) is 0 Å². The van der Waals surface area contributed by atoms with Gasteiger partial charge in [0, 0.05) is 6.42 Å². The first-order chi connectivity index (χ1) is 2.27. The third-order valence-corrected chi connectivity index (χ3v) is 0.279. The fourth-order valence-corrected chi connectivity index (χ4v) is 0. The third kappa shape index (κ3) is 3.54. The van der Waals surface area contributed by atoms with E-state index < -0.39 is 0 Å². The van der Waals surface area contributed by atoms with Gasteiger partial charge in [-0.2, -0.15) is 0 Å². The molecule has 2 radical (unpaired) electrons. The van der Waals surface area contributed by atoms with Crippen LogP contribution < -0.4 is 0 Å². The Labute approximate surface area is 31.9 Å². The van der Waals surface area contributed by atoms with E-state index in [0.717, 1.165) is 0 Å². The normalized spacial score (nSPS) is 7.40. The Morgan fingerprint density at radius 3 is 2.00 bits per heavy atom. The Kier molecular flexibility index (Phi) is 1.65. The fraction of sp³-hybridized carbons (Fsp3) is 0.250. The lowest BCUT2D eigenvalue weighted by Crippen LogP contribution is -1.63. The highest BCUT2D eigenvalue weighted by atomic mass is 16.3. The van der Waals surface area contributed by atoms with Crippen molar-refractivity contribution in [2.24, 2.45) is 0 Å². The molecular formula is C4H6O. The molecule has 28 valence electrons. The standard InChI is InChI=1S/C4H6O/c1-3-4(2)5/h1-3H2. The molecule has 0 aliphatic rings. The highest BCUT2D eigenvalue weighted by Gasteiger charge is 1.76. The molecule has 0 spiro atoms. The molecule has 0 aromatic rings. The molecule has 0 aliphatic heterocycles. The van der Waals surface area contributed by atoms with Gasteiger partial charge in [-0.3, -0.25) is 5.11 Å². The van der Waals surface area contributed by atoms with Gasteiger partial charge in [-0.05, 0) is 6.92 Å². The van der Waals surface area contributed by atoms with Crippen molar-refractivity contribution in [2.75, 3.05) is 0 Å². The van der Waals surface area contributed by atoms with Crippen LogP contribution in [0.25, 0.3) is 0 Å². The van der Waals surface area contributed by atoms with Gasteiger partial charge < -0.3 is 0 Å². The monoisotopic (exact) mass is 70.0 g/mol. The molecule has 0 aromatic carbocycles. The minimum absolute atomic E-state index is 0.106. The third-order valence-electron chi connectivity index (χ3n) is 0.279. The number of hydrogen-bond donors (Lipinski definition) is 0. The van der Waals surface area contributed by atoms with E-state index in [1.165, 1.54) is 0 Å². The number of hydrogen-bond acceptors (Lipinski definition) is 0. The summed E-state index contributed by atoms with van der Waals surface area (Å²) in [6, 6.07) is 0. The van der Waals surface area contributed by atoms with Crippen LogP contribution in [-0.4, -0.2) is 0 Å². The Balaban J connectivity index is 2.85. The maximum atomic E-state index is 9.64. The predicted molar refractivity (Wildman–Crippen MR) is 19.8 cm³/mol. The predicted octanol–water partition coefficient (Wildman–Crippen LogP) is 1.15. The highest BCUT2D eigenvalue weighted by molar-refractivity contribution is 4.77. The number of rotatable bonds is 1. The van der Waals surface area contributed by atoms with E-state index in [2.05, 4.69) is 13.5 Å². The molecule has 0 rings (SSSR count). The molecule has 0 N–H and O–H groups in total. The van der Waals surface area contributed by atoms with Crippen molar-refractivity contribution >= 4 is 0 Å². The molecule has 0 saturated heterocycles. The minimum Gasteiger partial charge on any atom is -0.296 e. The summed E-state index contributed by atoms with van der Waals surface area (Å²) >= 11 is 0. The summed E-state index contributed by atoms with van der Waals surface area (Å²) in [6.07, 6.45) is 0.306. The van der Waals surface area contributed by atoms with Crippen LogP contribution in [0.5, 0.6) is 0 Å². The van der Waals surface area contributed by atoms with E-state index in [1.54, 1.807) is 0 Å². The molecule has 0 aromatic heterocycles. The van der Waals surface area contributed by atoms with Gasteiger partial charge in [0.25, 0.3) is 0 Å². The van der Waals surface area contributed by atoms with Crippen molar-refractivity contribution in [2.45, 2.75) is 6.42 Å². The molecule has 0 aliphatic carbocycles. The summed E-state index contributed by atoms with van der Waals surface area (Å²) in [6.45, 7) is 6.33. The van der Waals surface area contributed by atoms with Gasteiger partial charge in [0.2, 0.25) is 0 Å². The van der Waals surface area contributed by atoms with E-state index in [-0.39, 0.29) is 5.76 Å². The highest BCUT2D eigenvalue weighted by Crippen LogP contribution is 1.85. The lowest BCUT2D eigenvalue weighted by atomic mass is 10.4. The zero-order chi connectivity index (χ0) is 4.28. The van der Waals surface area contributed by atoms with Crippen LogP contribution >= 0.6 is 0 Å². The topological polar surface area (TPSA) is 19.9 Å². The van der Waals surface area contributed by atoms with Crippen molar-refractivity contribution < 1.29 is 5.11 Å². The van der Waals surface area contributed by atoms with Gasteiger partial charge in [0.05, 0.1) is 0 Å². The quantitative estimate of drug-likeness (QED) is 0.412. The summed E-state index contributed by atoms with van der Waals surface area (Å²) in [5, 5.41) is 9.64. The summed E-state index contributed by atoms with van der Waals surface area (Å²) in [5.41, 5.74) is 0. The van der Waals surface area contributed by atoms with Crippen LogP contribution in [0.1, 0.15) is 6.42 Å². The van der Waals surface area contributed by atoms with Gasteiger partial charge in [0.1, 0.15) is 5.76 Å². The zero-order valence-corrected chi connectivity index (χ0v) is 3.03. The molecule has 5 heavy (non-hydrogen) atoms. The van der Waals surface area contributed by atoms with Crippen molar-refractivity contribution in [3.8, 4) is 0 Å². The van der Waals surface area contributed by atoms with Gasteiger partial charge in [-0.15, -0.1) is 0 Å². The van der Waals surface area contributed by atoms with Crippen LogP contribution in [0.4, 0.5) is 0 Å². The van der Waals surface area contributed by atoms with Gasteiger partial charge >= 0.3 is 0 Å². The Morgan fingerprint density at radius 2 is 2.00 bits per heavy atom. The zero-order valence-electron chi connectivity index (χ0n) is 3.03. The lowest BCUT2D eigenvalue weighted by Gasteiger charge is -1.73. The largest absolute Gasteiger partial charge is 0.296 e. The fourth-order valence-electron chi connectivity index (χ4n) is 0. The maximum Gasteiger partial charge on any atom is 0.148 e. The van der Waals surface area contributed by atoms with Crippen LogP contribution in [0, 0.1) is 6.92 Å². The van der Waals surface area contributed by atoms with Crippen molar-refractivity contribution in [1.82, 2.24) is 0 Å². The van der Waals surface area contributed by atoms with E-state index in [4.69, 9.17) is 0 Å². The molecule has 0 fully saturated rings. The molecule has 0 unspecified atom stereocenters. The molecular weight excluding hydrogens is 64.0 g/mol. The first-order valence-electron chi connectivity index (χ1n) is 1.41. The van der Waals surface area contributed by atoms with E-state index in [0.29, 0.717) is 6.42 Å². The van der Waals surface area contributed by atoms with Crippen LogP contribution in [-0.2, 0) is 5.11 Å². The second kappa shape index (κ2) is 1.82.